The maximum absolute atomic E-state index is 13.7. The smallest absolute Gasteiger partial charge is 0.326 e. The predicted octanol–water partition coefficient (Wildman–Crippen LogP) is 1.15. The number of para-hydroxylation sites is 1. The zero-order valence-corrected chi connectivity index (χ0v) is 24.4. The molecule has 13 heteroatoms. The van der Waals surface area contributed by atoms with Crippen LogP contribution in [-0.4, -0.2) is 73.0 Å². The number of fused-ring (bicyclic) bond motifs is 1. The summed E-state index contributed by atoms with van der Waals surface area (Å²) in [7, 11) is 0. The molecule has 0 saturated heterocycles. The van der Waals surface area contributed by atoms with Crippen LogP contribution < -0.4 is 21.7 Å². The number of aromatic hydroxyl groups is 1. The summed E-state index contributed by atoms with van der Waals surface area (Å²) in [6.07, 6.45) is 4.92. The minimum absolute atomic E-state index is 0.0119. The van der Waals surface area contributed by atoms with Gasteiger partial charge in [-0.2, -0.15) is 0 Å². The minimum Gasteiger partial charge on any atom is -0.508 e. The Kier molecular flexibility index (Phi) is 10.3. The summed E-state index contributed by atoms with van der Waals surface area (Å²) in [6, 6.07) is 9.25. The molecule has 3 amide bonds. The molecule has 0 spiro atoms. The highest BCUT2D eigenvalue weighted by Crippen LogP contribution is 2.19. The summed E-state index contributed by atoms with van der Waals surface area (Å²) in [6.45, 7) is 3.31. The first-order valence-electron chi connectivity index (χ1n) is 14.2. The van der Waals surface area contributed by atoms with Gasteiger partial charge < -0.3 is 41.9 Å². The number of aliphatic carboxylic acids is 1. The Bertz CT molecular complexity index is 1580. The molecule has 2 aromatic carbocycles. The molecule has 2 heterocycles. The molecule has 0 fully saturated rings. The Hall–Kier alpha value is -5.17. The van der Waals surface area contributed by atoms with E-state index in [4.69, 9.17) is 5.73 Å². The molecule has 0 radical (unpaired) electrons. The van der Waals surface area contributed by atoms with Gasteiger partial charge in [0.25, 0.3) is 0 Å². The number of nitrogens with zero attached hydrogens (tertiary/aromatic N) is 1. The topological polar surface area (TPSA) is 215 Å². The van der Waals surface area contributed by atoms with Crippen LogP contribution in [0.5, 0.6) is 5.75 Å². The van der Waals surface area contributed by atoms with E-state index in [1.165, 1.54) is 24.7 Å². The average Bonchev–Trinajstić information content (AvgIpc) is 3.66. The summed E-state index contributed by atoms with van der Waals surface area (Å²) in [5.74, 6) is -3.55. The van der Waals surface area contributed by atoms with Crippen molar-refractivity contribution in [2.75, 3.05) is 0 Å². The SMILES string of the molecule is CC(C)C(NC(=O)C(Cc1cnc[nH]1)NC(=O)C(Cc1ccc(O)cc1)NC(=O)C(N)Cc1c[nH]c2ccccc12)C(=O)O. The van der Waals surface area contributed by atoms with Crippen molar-refractivity contribution in [2.45, 2.75) is 57.3 Å². The summed E-state index contributed by atoms with van der Waals surface area (Å²) < 4.78 is 0. The van der Waals surface area contributed by atoms with E-state index in [9.17, 15) is 29.4 Å². The zero-order valence-electron chi connectivity index (χ0n) is 24.4. The molecule has 0 aliphatic carbocycles. The number of aromatic amines is 2. The third-order valence-corrected chi connectivity index (χ3v) is 7.30. The van der Waals surface area contributed by atoms with E-state index in [2.05, 4.69) is 30.9 Å². The van der Waals surface area contributed by atoms with Crippen molar-refractivity contribution in [1.29, 1.82) is 0 Å². The summed E-state index contributed by atoms with van der Waals surface area (Å²) in [5.41, 5.74) is 9.20. The Labute approximate surface area is 253 Å². The predicted molar refractivity (Wildman–Crippen MR) is 162 cm³/mol. The molecule has 13 nitrogen and oxygen atoms in total. The number of benzene rings is 2. The molecule has 0 saturated carbocycles. The number of carbonyl (C=O) groups excluding carboxylic acids is 3. The van der Waals surface area contributed by atoms with Crippen molar-refractivity contribution >= 4 is 34.6 Å². The van der Waals surface area contributed by atoms with Crippen LogP contribution in [-0.2, 0) is 38.4 Å². The molecule has 0 aliphatic rings. The molecule has 4 rings (SSSR count). The van der Waals surface area contributed by atoms with E-state index < -0.39 is 53.8 Å². The molecule has 44 heavy (non-hydrogen) atoms. The van der Waals surface area contributed by atoms with E-state index in [-0.39, 0.29) is 25.0 Å². The van der Waals surface area contributed by atoms with Crippen molar-refractivity contribution in [3.63, 3.8) is 0 Å². The van der Waals surface area contributed by atoms with Crippen LogP contribution in [0.15, 0.2) is 67.3 Å². The van der Waals surface area contributed by atoms with Gasteiger partial charge in [-0.25, -0.2) is 9.78 Å². The number of carboxylic acids is 1. The number of phenolic OH excluding ortho intramolecular Hbond substituents is 1. The number of hydrogen-bond donors (Lipinski definition) is 8. The van der Waals surface area contributed by atoms with Gasteiger partial charge in [0.1, 0.15) is 23.9 Å². The first-order valence-corrected chi connectivity index (χ1v) is 14.2. The van der Waals surface area contributed by atoms with Crippen LogP contribution in [0.3, 0.4) is 0 Å². The Morgan fingerprint density at radius 3 is 2.18 bits per heavy atom. The first-order chi connectivity index (χ1) is 21.0. The van der Waals surface area contributed by atoms with Crippen LogP contribution in [0.1, 0.15) is 30.7 Å². The van der Waals surface area contributed by atoms with Gasteiger partial charge in [-0.1, -0.05) is 44.2 Å². The van der Waals surface area contributed by atoms with Crippen molar-refractivity contribution in [3.8, 4) is 5.75 Å². The number of phenols is 1. The van der Waals surface area contributed by atoms with Crippen LogP contribution >= 0.6 is 0 Å². The number of aromatic nitrogens is 3. The normalized spacial score (nSPS) is 14.0. The fourth-order valence-corrected chi connectivity index (χ4v) is 4.85. The van der Waals surface area contributed by atoms with Crippen LogP contribution in [0.25, 0.3) is 10.9 Å². The molecule has 9 N–H and O–H groups in total. The summed E-state index contributed by atoms with van der Waals surface area (Å²) >= 11 is 0. The molecule has 4 unspecified atom stereocenters. The highest BCUT2D eigenvalue weighted by atomic mass is 16.4. The average molecular weight is 604 g/mol. The van der Waals surface area contributed by atoms with Crippen LogP contribution in [0.4, 0.5) is 0 Å². The van der Waals surface area contributed by atoms with E-state index in [0.717, 1.165) is 16.5 Å². The second-order valence-corrected chi connectivity index (χ2v) is 11.0. The fourth-order valence-electron chi connectivity index (χ4n) is 4.85. The lowest BCUT2D eigenvalue weighted by Gasteiger charge is -2.26. The van der Waals surface area contributed by atoms with Crippen LogP contribution in [0.2, 0.25) is 0 Å². The fraction of sp³-hybridized carbons (Fsp3) is 0.323. The molecule has 232 valence electrons. The van der Waals surface area contributed by atoms with Crippen LogP contribution in [0, 0.1) is 5.92 Å². The second-order valence-electron chi connectivity index (χ2n) is 11.0. The lowest BCUT2D eigenvalue weighted by atomic mass is 10.0. The van der Waals surface area contributed by atoms with Gasteiger partial charge in [0.2, 0.25) is 17.7 Å². The number of rotatable bonds is 14. The second kappa shape index (κ2) is 14.3. The van der Waals surface area contributed by atoms with E-state index in [0.29, 0.717) is 11.3 Å². The van der Waals surface area contributed by atoms with Gasteiger partial charge in [-0.05, 0) is 41.7 Å². The van der Waals surface area contributed by atoms with E-state index >= 15 is 0 Å². The van der Waals surface area contributed by atoms with Crippen molar-refractivity contribution in [3.05, 3.63) is 84.1 Å². The highest BCUT2D eigenvalue weighted by Gasteiger charge is 2.32. The first kappa shape index (κ1) is 31.8. The quantitative estimate of drug-likeness (QED) is 0.104. The monoisotopic (exact) mass is 603 g/mol. The summed E-state index contributed by atoms with van der Waals surface area (Å²) in [4.78, 5) is 62.1. The van der Waals surface area contributed by atoms with E-state index in [1.54, 1.807) is 32.2 Å². The molecule has 4 atom stereocenters. The van der Waals surface area contributed by atoms with Crippen molar-refractivity contribution < 1.29 is 29.4 Å². The number of nitrogens with two attached hydrogens (primary N) is 1. The van der Waals surface area contributed by atoms with Gasteiger partial charge in [0, 0.05) is 41.8 Å². The van der Waals surface area contributed by atoms with Gasteiger partial charge in [-0.15, -0.1) is 0 Å². The number of amides is 3. The molecular weight excluding hydrogens is 566 g/mol. The summed E-state index contributed by atoms with van der Waals surface area (Å²) in [5, 5.41) is 28.1. The standard InChI is InChI=1S/C31H37N7O6/c1-17(2)27(31(43)44)38-30(42)26(13-20-15-33-16-35-20)37-29(41)25(11-18-7-9-21(39)10-8-18)36-28(40)23(32)12-19-14-34-24-6-4-3-5-22(19)24/h3-10,14-17,23,25-27,34,39H,11-13,32H2,1-2H3,(H,33,35)(H,36,40)(H,37,41)(H,38,42)(H,43,44). The number of imidazole rings is 1. The molecule has 4 aromatic rings. The lowest BCUT2D eigenvalue weighted by Crippen LogP contribution is -2.58. The maximum atomic E-state index is 13.7. The van der Waals surface area contributed by atoms with Gasteiger partial charge in [-0.3, -0.25) is 14.4 Å². The number of carboxylic acid groups (broad SMARTS) is 1. The lowest BCUT2D eigenvalue weighted by molar-refractivity contribution is -0.143. The zero-order chi connectivity index (χ0) is 31.8. The third kappa shape index (κ3) is 8.22. The molecular formula is C31H37N7O6. The highest BCUT2D eigenvalue weighted by molar-refractivity contribution is 5.94. The van der Waals surface area contributed by atoms with Crippen molar-refractivity contribution in [2.24, 2.45) is 11.7 Å². The largest absolute Gasteiger partial charge is 0.508 e. The number of hydrogen-bond acceptors (Lipinski definition) is 7. The maximum Gasteiger partial charge on any atom is 0.326 e. The molecule has 2 aromatic heterocycles. The van der Waals surface area contributed by atoms with Gasteiger partial charge in [0.05, 0.1) is 12.4 Å². The Morgan fingerprint density at radius 1 is 0.864 bits per heavy atom. The minimum atomic E-state index is -1.21. The third-order valence-electron chi connectivity index (χ3n) is 7.30. The van der Waals surface area contributed by atoms with Gasteiger partial charge in [0.15, 0.2) is 0 Å². The number of carbonyl (C=O) groups is 4. The molecule has 0 aliphatic heterocycles. The number of nitrogens with one attached hydrogen (secondary N) is 5. The van der Waals surface area contributed by atoms with Crippen molar-refractivity contribution in [1.82, 2.24) is 30.9 Å². The number of H-pyrrole nitrogens is 2. The van der Waals surface area contributed by atoms with E-state index in [1.807, 2.05) is 24.3 Å². The molecule has 0 bridgehead atoms. The van der Waals surface area contributed by atoms with Gasteiger partial charge >= 0.3 is 5.97 Å². The Morgan fingerprint density at radius 2 is 1.52 bits per heavy atom. The Balaban J connectivity index is 1.54.